The maximum absolute atomic E-state index is 12.8. The second-order valence-electron chi connectivity index (χ2n) is 10.1. The molecule has 8 heteroatoms. The van der Waals surface area contributed by atoms with E-state index in [0.29, 0.717) is 28.3 Å². The SMILES string of the molecule is C[C@H]1[C@H](Nc2cnn(CC(=O)CCCN3CCOCC3)c(=O)c2Br)C[C@H]2C[C@@H]1C2(C)C. The minimum atomic E-state index is -0.250. The number of halogens is 1. The van der Waals surface area contributed by atoms with Gasteiger partial charge >= 0.3 is 0 Å². The van der Waals surface area contributed by atoms with Crippen molar-refractivity contribution in [2.45, 2.75) is 59.0 Å². The van der Waals surface area contributed by atoms with Gasteiger partial charge in [-0.25, -0.2) is 4.68 Å². The fourth-order valence-electron chi connectivity index (χ4n) is 5.79. The second-order valence-corrected chi connectivity index (χ2v) is 10.9. The van der Waals surface area contributed by atoms with Crippen molar-refractivity contribution in [2.24, 2.45) is 23.2 Å². The van der Waals surface area contributed by atoms with Gasteiger partial charge in [-0.2, -0.15) is 5.10 Å². The number of ether oxygens (including phenoxy) is 1. The number of hydrogen-bond acceptors (Lipinski definition) is 6. The zero-order chi connectivity index (χ0) is 22.2. The summed E-state index contributed by atoms with van der Waals surface area (Å²) in [6, 6.07) is 0.354. The number of hydrogen-bond donors (Lipinski definition) is 1. The van der Waals surface area contributed by atoms with E-state index in [0.717, 1.165) is 63.2 Å². The molecule has 1 aromatic rings. The number of nitrogens with one attached hydrogen (secondary N) is 1. The Morgan fingerprint density at radius 3 is 2.74 bits per heavy atom. The van der Waals surface area contributed by atoms with Crippen molar-refractivity contribution in [3.8, 4) is 0 Å². The Bertz CT molecular complexity index is 865. The van der Waals surface area contributed by atoms with Crippen LogP contribution in [0.1, 0.15) is 46.5 Å². The maximum atomic E-state index is 12.8. The number of carbonyl (C=O) groups excluding carboxylic acids is 1. The van der Waals surface area contributed by atoms with E-state index >= 15 is 0 Å². The monoisotopic (exact) mass is 494 g/mol. The zero-order valence-corrected chi connectivity index (χ0v) is 20.5. The number of anilines is 1. The molecule has 1 N–H and O–H groups in total. The average molecular weight is 495 g/mol. The van der Waals surface area contributed by atoms with Crippen molar-refractivity contribution in [2.75, 3.05) is 38.2 Å². The number of rotatable bonds is 8. The number of carbonyl (C=O) groups is 1. The maximum Gasteiger partial charge on any atom is 0.283 e. The fourth-order valence-corrected chi connectivity index (χ4v) is 6.21. The van der Waals surface area contributed by atoms with Gasteiger partial charge in [0.05, 0.1) is 25.1 Å². The summed E-state index contributed by atoms with van der Waals surface area (Å²) in [5, 5.41) is 7.86. The van der Waals surface area contributed by atoms with Crippen LogP contribution in [0.15, 0.2) is 15.5 Å². The van der Waals surface area contributed by atoms with Gasteiger partial charge in [-0.05, 0) is 64.9 Å². The third kappa shape index (κ3) is 4.76. The van der Waals surface area contributed by atoms with Crippen LogP contribution >= 0.6 is 15.9 Å². The molecule has 3 aliphatic carbocycles. The number of nitrogens with zero attached hydrogens (tertiary/aromatic N) is 3. The lowest BCUT2D eigenvalue weighted by Gasteiger charge is -2.62. The second kappa shape index (κ2) is 9.32. The summed E-state index contributed by atoms with van der Waals surface area (Å²) in [6.45, 7) is 11.4. The number of ketones is 1. The van der Waals surface area contributed by atoms with Crippen molar-refractivity contribution in [1.29, 1.82) is 0 Å². The van der Waals surface area contributed by atoms with Crippen molar-refractivity contribution < 1.29 is 9.53 Å². The van der Waals surface area contributed by atoms with Crippen LogP contribution in [0.5, 0.6) is 0 Å². The largest absolute Gasteiger partial charge is 0.380 e. The summed E-state index contributed by atoms with van der Waals surface area (Å²) >= 11 is 3.46. The molecule has 31 heavy (non-hydrogen) atoms. The molecule has 1 aromatic heterocycles. The highest BCUT2D eigenvalue weighted by molar-refractivity contribution is 9.10. The zero-order valence-electron chi connectivity index (χ0n) is 18.9. The van der Waals surface area contributed by atoms with Gasteiger partial charge in [-0.3, -0.25) is 14.5 Å². The van der Waals surface area contributed by atoms with E-state index in [1.54, 1.807) is 6.20 Å². The molecule has 2 bridgehead atoms. The van der Waals surface area contributed by atoms with Crippen molar-refractivity contribution in [1.82, 2.24) is 14.7 Å². The van der Waals surface area contributed by atoms with E-state index in [1.807, 2.05) is 0 Å². The number of aromatic nitrogens is 2. The molecular formula is C23H35BrN4O3. The lowest BCUT2D eigenvalue weighted by Crippen LogP contribution is -2.58. The van der Waals surface area contributed by atoms with Gasteiger partial charge in [0.25, 0.3) is 5.56 Å². The van der Waals surface area contributed by atoms with E-state index in [-0.39, 0.29) is 17.9 Å². The first-order chi connectivity index (χ1) is 14.8. The smallest absolute Gasteiger partial charge is 0.283 e. The Balaban J connectivity index is 1.31. The first-order valence-electron chi connectivity index (χ1n) is 11.6. The molecule has 7 nitrogen and oxygen atoms in total. The summed E-state index contributed by atoms with van der Waals surface area (Å²) in [5.41, 5.74) is 0.913. The van der Waals surface area contributed by atoms with E-state index in [1.165, 1.54) is 11.1 Å². The molecule has 0 aromatic carbocycles. The summed E-state index contributed by atoms with van der Waals surface area (Å²) in [7, 11) is 0. The van der Waals surface area contributed by atoms with Gasteiger partial charge in [0, 0.05) is 25.6 Å². The molecule has 0 spiro atoms. The Morgan fingerprint density at radius 2 is 2.06 bits per heavy atom. The van der Waals surface area contributed by atoms with Crippen LogP contribution in [0.2, 0.25) is 0 Å². The van der Waals surface area contributed by atoms with Gasteiger partial charge in [-0.15, -0.1) is 0 Å². The molecule has 4 fully saturated rings. The van der Waals surface area contributed by atoms with Crippen molar-refractivity contribution in [3.63, 3.8) is 0 Å². The normalized spacial score (nSPS) is 29.9. The van der Waals surface area contributed by atoms with Crippen LogP contribution in [0.25, 0.3) is 0 Å². The lowest BCUT2D eigenvalue weighted by molar-refractivity contribution is -0.120. The minimum absolute atomic E-state index is 0.0268. The number of fused-ring (bicyclic) bond motifs is 2. The third-order valence-corrected chi connectivity index (χ3v) is 8.81. The van der Waals surface area contributed by atoms with Crippen LogP contribution in [-0.2, 0) is 16.1 Å². The summed E-state index contributed by atoms with van der Waals surface area (Å²) in [6.07, 6.45) is 5.39. The summed E-state index contributed by atoms with van der Waals surface area (Å²) in [5.74, 6) is 2.07. The molecule has 0 radical (unpaired) electrons. The standard InChI is InChI=1S/C23H35BrN4O3/c1-15-18-11-16(23(18,2)3)12-19(15)26-20-13-25-28(22(30)21(20)24)14-17(29)5-4-6-27-7-9-31-10-8-27/h13,15-16,18-19,26H,4-12,14H2,1-3H3/t15-,16-,18+,19-/m1/s1. The van der Waals surface area contributed by atoms with Crippen LogP contribution in [-0.4, -0.2) is 59.4 Å². The summed E-state index contributed by atoms with van der Waals surface area (Å²) in [4.78, 5) is 27.5. The topological polar surface area (TPSA) is 76.5 Å². The van der Waals surface area contributed by atoms with Crippen LogP contribution < -0.4 is 10.9 Å². The van der Waals surface area contributed by atoms with Gasteiger partial charge in [-0.1, -0.05) is 20.8 Å². The molecule has 3 saturated carbocycles. The first-order valence-corrected chi connectivity index (χ1v) is 12.4. The molecular weight excluding hydrogens is 460 g/mol. The Morgan fingerprint density at radius 1 is 1.32 bits per heavy atom. The lowest BCUT2D eigenvalue weighted by atomic mass is 9.45. The molecule has 4 atom stereocenters. The minimum Gasteiger partial charge on any atom is -0.380 e. The van der Waals surface area contributed by atoms with Gasteiger partial charge in [0.2, 0.25) is 0 Å². The number of Topliss-reactive ketones (excluding diaryl/α,β-unsaturated/α-hetero) is 1. The molecule has 0 amide bonds. The van der Waals surface area contributed by atoms with E-state index in [9.17, 15) is 9.59 Å². The Hall–Kier alpha value is -1.25. The van der Waals surface area contributed by atoms with Crippen molar-refractivity contribution >= 4 is 27.4 Å². The predicted octanol–water partition coefficient (Wildman–Crippen LogP) is 3.17. The molecule has 172 valence electrons. The summed E-state index contributed by atoms with van der Waals surface area (Å²) < 4.78 is 7.09. The van der Waals surface area contributed by atoms with Crippen molar-refractivity contribution in [3.05, 3.63) is 21.0 Å². The quantitative estimate of drug-likeness (QED) is 0.597. The molecule has 4 aliphatic rings. The van der Waals surface area contributed by atoms with E-state index in [2.05, 4.69) is 52.0 Å². The molecule has 2 heterocycles. The highest BCUT2D eigenvalue weighted by Gasteiger charge is 2.56. The van der Waals surface area contributed by atoms with E-state index in [4.69, 9.17) is 4.74 Å². The molecule has 0 unspecified atom stereocenters. The Labute approximate surface area is 193 Å². The molecule has 1 saturated heterocycles. The van der Waals surface area contributed by atoms with Crippen LogP contribution in [0, 0.1) is 23.2 Å². The highest BCUT2D eigenvalue weighted by Crippen LogP contribution is 2.61. The van der Waals surface area contributed by atoms with Gasteiger partial charge < -0.3 is 10.1 Å². The number of morpholine rings is 1. The fraction of sp³-hybridized carbons (Fsp3) is 0.783. The van der Waals surface area contributed by atoms with Crippen LogP contribution in [0.3, 0.4) is 0 Å². The van der Waals surface area contributed by atoms with E-state index < -0.39 is 0 Å². The first kappa shape index (κ1) is 22.9. The Kier molecular flexibility index (Phi) is 6.89. The predicted molar refractivity (Wildman–Crippen MR) is 124 cm³/mol. The van der Waals surface area contributed by atoms with Gasteiger partial charge in [0.1, 0.15) is 11.0 Å². The molecule has 1 aliphatic heterocycles. The highest BCUT2D eigenvalue weighted by atomic mass is 79.9. The van der Waals surface area contributed by atoms with Gasteiger partial charge in [0.15, 0.2) is 5.78 Å². The average Bonchev–Trinajstić information content (AvgIpc) is 2.75. The van der Waals surface area contributed by atoms with Crippen LogP contribution in [0.4, 0.5) is 5.69 Å². The third-order valence-electron chi connectivity index (χ3n) is 8.04. The molecule has 5 rings (SSSR count).